The summed E-state index contributed by atoms with van der Waals surface area (Å²) in [5.74, 6) is -0.189. The molecular formula is C13H16N4O2. The number of nitrogens with two attached hydrogens (primary N) is 1. The first-order valence-electron chi connectivity index (χ1n) is 5.87. The highest BCUT2D eigenvalue weighted by atomic mass is 16.5. The zero-order valence-corrected chi connectivity index (χ0v) is 10.7. The number of aromatic nitrogens is 2. The van der Waals surface area contributed by atoms with E-state index < -0.39 is 0 Å². The average Bonchev–Trinajstić information content (AvgIpc) is 2.84. The molecule has 1 aromatic heterocycles. The van der Waals surface area contributed by atoms with E-state index in [0.717, 1.165) is 0 Å². The number of anilines is 2. The number of benzene rings is 1. The summed E-state index contributed by atoms with van der Waals surface area (Å²) in [6, 6.07) is 6.74. The van der Waals surface area contributed by atoms with Gasteiger partial charge >= 0.3 is 0 Å². The maximum absolute atomic E-state index is 11.9. The highest BCUT2D eigenvalue weighted by Crippen LogP contribution is 2.10. The van der Waals surface area contributed by atoms with Crippen LogP contribution in [0.2, 0.25) is 0 Å². The van der Waals surface area contributed by atoms with E-state index in [1.54, 1.807) is 48.5 Å². The Kier molecular flexibility index (Phi) is 4.15. The number of methoxy groups -OCH3 is 1. The summed E-state index contributed by atoms with van der Waals surface area (Å²) in [5, 5.41) is 6.89. The molecule has 0 aliphatic rings. The van der Waals surface area contributed by atoms with Crippen LogP contribution in [-0.2, 0) is 11.3 Å². The smallest absolute Gasteiger partial charge is 0.255 e. The van der Waals surface area contributed by atoms with Crippen LogP contribution in [0.5, 0.6) is 0 Å². The number of ether oxygens (including phenoxy) is 1. The molecule has 0 radical (unpaired) electrons. The Labute approximate surface area is 111 Å². The van der Waals surface area contributed by atoms with E-state index in [-0.39, 0.29) is 5.91 Å². The predicted molar refractivity (Wildman–Crippen MR) is 72.9 cm³/mol. The minimum atomic E-state index is -0.189. The molecular weight excluding hydrogens is 244 g/mol. The minimum Gasteiger partial charge on any atom is -0.399 e. The number of nitrogen functional groups attached to an aromatic ring is 1. The van der Waals surface area contributed by atoms with Gasteiger partial charge in [0.25, 0.3) is 5.91 Å². The van der Waals surface area contributed by atoms with Gasteiger partial charge in [-0.15, -0.1) is 0 Å². The van der Waals surface area contributed by atoms with Crippen molar-refractivity contribution in [2.45, 2.75) is 6.54 Å². The molecule has 3 N–H and O–H groups in total. The summed E-state index contributed by atoms with van der Waals surface area (Å²) in [5.41, 5.74) is 7.41. The summed E-state index contributed by atoms with van der Waals surface area (Å²) >= 11 is 0. The van der Waals surface area contributed by atoms with Crippen LogP contribution < -0.4 is 11.1 Å². The molecule has 0 fully saturated rings. The monoisotopic (exact) mass is 260 g/mol. The molecule has 0 spiro atoms. The second-order valence-corrected chi connectivity index (χ2v) is 4.06. The lowest BCUT2D eigenvalue weighted by atomic mass is 10.2. The third-order valence-electron chi connectivity index (χ3n) is 2.59. The van der Waals surface area contributed by atoms with Crippen LogP contribution in [0.15, 0.2) is 36.7 Å². The first-order valence-corrected chi connectivity index (χ1v) is 5.87. The standard InChI is InChI=1S/C13H16N4O2/c1-19-7-6-17-9-12(8-15-17)16-13(18)10-2-4-11(14)5-3-10/h2-5,8-9H,6-7,14H2,1H3,(H,16,18). The van der Waals surface area contributed by atoms with Crippen molar-refractivity contribution in [2.24, 2.45) is 0 Å². The normalized spacial score (nSPS) is 10.4. The van der Waals surface area contributed by atoms with E-state index in [0.29, 0.717) is 30.1 Å². The molecule has 6 nitrogen and oxygen atoms in total. The Hall–Kier alpha value is -2.34. The maximum Gasteiger partial charge on any atom is 0.255 e. The number of hydrogen-bond acceptors (Lipinski definition) is 4. The van der Waals surface area contributed by atoms with E-state index in [4.69, 9.17) is 10.5 Å². The Morgan fingerprint density at radius 1 is 1.42 bits per heavy atom. The number of carbonyl (C=O) groups excluding carboxylic acids is 1. The fourth-order valence-corrected chi connectivity index (χ4v) is 1.57. The topological polar surface area (TPSA) is 82.2 Å². The van der Waals surface area contributed by atoms with Crippen LogP contribution in [0.4, 0.5) is 11.4 Å². The number of amides is 1. The second-order valence-electron chi connectivity index (χ2n) is 4.06. The van der Waals surface area contributed by atoms with Crippen LogP contribution >= 0.6 is 0 Å². The van der Waals surface area contributed by atoms with Gasteiger partial charge in [-0.25, -0.2) is 0 Å². The van der Waals surface area contributed by atoms with Gasteiger partial charge in [0.2, 0.25) is 0 Å². The van der Waals surface area contributed by atoms with Gasteiger partial charge in [0, 0.05) is 24.6 Å². The Balaban J connectivity index is 1.98. The summed E-state index contributed by atoms with van der Waals surface area (Å²) in [6.45, 7) is 1.22. The zero-order valence-electron chi connectivity index (χ0n) is 10.7. The van der Waals surface area contributed by atoms with Crippen LogP contribution in [-0.4, -0.2) is 29.4 Å². The Bertz CT molecular complexity index is 548. The lowest BCUT2D eigenvalue weighted by molar-refractivity contribution is 0.102. The van der Waals surface area contributed by atoms with Gasteiger partial charge < -0.3 is 15.8 Å². The Morgan fingerprint density at radius 2 is 2.16 bits per heavy atom. The number of rotatable bonds is 5. The van der Waals surface area contributed by atoms with E-state index in [1.807, 2.05) is 0 Å². The SMILES string of the molecule is COCCn1cc(NC(=O)c2ccc(N)cc2)cn1. The van der Waals surface area contributed by atoms with Crippen LogP contribution in [0.25, 0.3) is 0 Å². The van der Waals surface area contributed by atoms with E-state index >= 15 is 0 Å². The molecule has 0 atom stereocenters. The summed E-state index contributed by atoms with van der Waals surface area (Å²) in [4.78, 5) is 11.9. The van der Waals surface area contributed by atoms with Gasteiger partial charge in [-0.2, -0.15) is 5.10 Å². The van der Waals surface area contributed by atoms with Crippen molar-refractivity contribution in [3.8, 4) is 0 Å². The van der Waals surface area contributed by atoms with E-state index in [1.165, 1.54) is 0 Å². The minimum absolute atomic E-state index is 0.189. The van der Waals surface area contributed by atoms with Crippen molar-refractivity contribution in [1.29, 1.82) is 0 Å². The predicted octanol–water partition coefficient (Wildman–Crippen LogP) is 1.36. The molecule has 2 aromatic rings. The number of nitrogens with zero attached hydrogens (tertiary/aromatic N) is 2. The third-order valence-corrected chi connectivity index (χ3v) is 2.59. The van der Waals surface area contributed by atoms with E-state index in [9.17, 15) is 4.79 Å². The van der Waals surface area contributed by atoms with Gasteiger partial charge in [0.05, 0.1) is 25.0 Å². The fraction of sp³-hybridized carbons (Fsp3) is 0.231. The van der Waals surface area contributed by atoms with Gasteiger partial charge in [0.1, 0.15) is 0 Å². The molecule has 1 amide bonds. The van der Waals surface area contributed by atoms with E-state index in [2.05, 4.69) is 10.4 Å². The van der Waals surface area contributed by atoms with Crippen molar-refractivity contribution in [3.05, 3.63) is 42.2 Å². The molecule has 6 heteroatoms. The first-order chi connectivity index (χ1) is 9.19. The average molecular weight is 260 g/mol. The van der Waals surface area contributed by atoms with Crippen molar-refractivity contribution in [1.82, 2.24) is 9.78 Å². The Morgan fingerprint density at radius 3 is 2.84 bits per heavy atom. The molecule has 0 aliphatic carbocycles. The molecule has 100 valence electrons. The molecule has 19 heavy (non-hydrogen) atoms. The highest BCUT2D eigenvalue weighted by Gasteiger charge is 2.07. The van der Waals surface area contributed by atoms with Gasteiger partial charge in [-0.1, -0.05) is 0 Å². The molecule has 1 heterocycles. The highest BCUT2D eigenvalue weighted by molar-refractivity contribution is 6.04. The van der Waals surface area contributed by atoms with Gasteiger partial charge in [-0.3, -0.25) is 9.48 Å². The van der Waals surface area contributed by atoms with Gasteiger partial charge in [0.15, 0.2) is 0 Å². The third kappa shape index (κ3) is 3.56. The second kappa shape index (κ2) is 6.01. The fourth-order valence-electron chi connectivity index (χ4n) is 1.57. The number of hydrogen-bond donors (Lipinski definition) is 2. The number of nitrogens with one attached hydrogen (secondary N) is 1. The zero-order chi connectivity index (χ0) is 13.7. The molecule has 0 saturated carbocycles. The van der Waals surface area contributed by atoms with Crippen molar-refractivity contribution >= 4 is 17.3 Å². The molecule has 1 aromatic carbocycles. The largest absolute Gasteiger partial charge is 0.399 e. The summed E-state index contributed by atoms with van der Waals surface area (Å²) in [7, 11) is 1.63. The van der Waals surface area contributed by atoms with Crippen LogP contribution in [0.3, 0.4) is 0 Å². The molecule has 0 unspecified atom stereocenters. The maximum atomic E-state index is 11.9. The summed E-state index contributed by atoms with van der Waals surface area (Å²) in [6.07, 6.45) is 3.36. The van der Waals surface area contributed by atoms with Gasteiger partial charge in [-0.05, 0) is 24.3 Å². The van der Waals surface area contributed by atoms with Crippen LogP contribution in [0.1, 0.15) is 10.4 Å². The summed E-state index contributed by atoms with van der Waals surface area (Å²) < 4.78 is 6.67. The number of carbonyl (C=O) groups is 1. The first kappa shape index (κ1) is 13.1. The van der Waals surface area contributed by atoms with Crippen molar-refractivity contribution < 1.29 is 9.53 Å². The molecule has 0 bridgehead atoms. The van der Waals surface area contributed by atoms with Crippen molar-refractivity contribution in [3.63, 3.8) is 0 Å². The lowest BCUT2D eigenvalue weighted by Crippen LogP contribution is -2.11. The quantitative estimate of drug-likeness (QED) is 0.795. The molecule has 0 aliphatic heterocycles. The van der Waals surface area contributed by atoms with Crippen LogP contribution in [0, 0.1) is 0 Å². The molecule has 2 rings (SSSR count). The van der Waals surface area contributed by atoms with Crippen molar-refractivity contribution in [2.75, 3.05) is 24.8 Å². The lowest BCUT2D eigenvalue weighted by Gasteiger charge is -2.02. The molecule has 0 saturated heterocycles.